The van der Waals surface area contributed by atoms with Gasteiger partial charge < -0.3 is 20.9 Å². The molecule has 1 aliphatic heterocycles. The fraction of sp³-hybridized carbons (Fsp3) is 0.842. The van der Waals surface area contributed by atoms with Crippen LogP contribution in [0.25, 0.3) is 0 Å². The number of nitrogens with one attached hydrogen (secondary N) is 1. The normalized spacial score (nSPS) is 20.9. The molecule has 7 nitrogen and oxygen atoms in total. The number of nitrogens with zero attached hydrogens (tertiary/aromatic N) is 3. The Morgan fingerprint density at radius 1 is 1.27 bits per heavy atom. The van der Waals surface area contributed by atoms with Crippen molar-refractivity contribution in [2.75, 3.05) is 33.2 Å². The molecule has 2 aliphatic rings. The highest BCUT2D eigenvalue weighted by atomic mass is 16.2. The molecule has 26 heavy (non-hydrogen) atoms. The summed E-state index contributed by atoms with van der Waals surface area (Å²) in [7, 11) is 1.68. The molecular weight excluding hydrogens is 330 g/mol. The van der Waals surface area contributed by atoms with Gasteiger partial charge in [-0.15, -0.1) is 0 Å². The van der Waals surface area contributed by atoms with E-state index >= 15 is 0 Å². The molecule has 0 radical (unpaired) electrons. The van der Waals surface area contributed by atoms with Gasteiger partial charge in [-0.1, -0.05) is 32.1 Å². The summed E-state index contributed by atoms with van der Waals surface area (Å²) in [6, 6.07) is 1.91. The first-order valence-corrected chi connectivity index (χ1v) is 9.89. The molecule has 0 unspecified atom stereocenters. The predicted molar refractivity (Wildman–Crippen MR) is 100 cm³/mol. The SMILES string of the molecule is CN(CCN1CCC(C#N)(NC(=O)CCC2CCCCC2)CC1)C(N)=O. The van der Waals surface area contributed by atoms with Gasteiger partial charge in [-0.25, -0.2) is 4.79 Å². The van der Waals surface area contributed by atoms with Crippen LogP contribution in [0.15, 0.2) is 0 Å². The second kappa shape index (κ2) is 9.77. The van der Waals surface area contributed by atoms with Gasteiger partial charge in [0.15, 0.2) is 0 Å². The van der Waals surface area contributed by atoms with Crippen LogP contribution in [0, 0.1) is 17.2 Å². The predicted octanol–water partition coefficient (Wildman–Crippen LogP) is 1.83. The van der Waals surface area contributed by atoms with Gasteiger partial charge in [0.2, 0.25) is 5.91 Å². The van der Waals surface area contributed by atoms with E-state index in [9.17, 15) is 14.9 Å². The Morgan fingerprint density at radius 3 is 2.50 bits per heavy atom. The fourth-order valence-corrected chi connectivity index (χ4v) is 3.97. The van der Waals surface area contributed by atoms with Gasteiger partial charge in [-0.3, -0.25) is 4.79 Å². The van der Waals surface area contributed by atoms with Crippen molar-refractivity contribution < 1.29 is 9.59 Å². The Bertz CT molecular complexity index is 517. The van der Waals surface area contributed by atoms with Gasteiger partial charge in [0, 0.05) is 39.6 Å². The largest absolute Gasteiger partial charge is 0.351 e. The number of hydrogen-bond donors (Lipinski definition) is 2. The standard InChI is InChI=1S/C19H33N5O2/c1-23(18(21)26)13-14-24-11-9-19(15-20,10-12-24)22-17(25)8-7-16-5-3-2-4-6-16/h16H,2-14H2,1H3,(H2,21,26)(H,22,25). The summed E-state index contributed by atoms with van der Waals surface area (Å²) < 4.78 is 0. The number of likely N-dealkylation sites (N-methyl/N-ethyl adjacent to an activating group) is 1. The van der Waals surface area contributed by atoms with Crippen LogP contribution in [0.5, 0.6) is 0 Å². The van der Waals surface area contributed by atoms with E-state index < -0.39 is 11.6 Å². The number of nitriles is 1. The molecule has 0 atom stereocenters. The third-order valence-corrected chi connectivity index (χ3v) is 5.93. The van der Waals surface area contributed by atoms with Crippen molar-refractivity contribution in [2.45, 2.75) is 63.3 Å². The summed E-state index contributed by atoms with van der Waals surface area (Å²) in [6.07, 6.45) is 9.10. The third-order valence-electron chi connectivity index (χ3n) is 5.93. The highest BCUT2D eigenvalue weighted by Gasteiger charge is 2.36. The number of hydrogen-bond acceptors (Lipinski definition) is 4. The van der Waals surface area contributed by atoms with Crippen LogP contribution < -0.4 is 11.1 Å². The average Bonchev–Trinajstić information content (AvgIpc) is 2.66. The Kier molecular flexibility index (Phi) is 7.70. The first-order chi connectivity index (χ1) is 12.4. The number of carbonyl (C=O) groups excluding carboxylic acids is 2. The number of primary amides is 1. The summed E-state index contributed by atoms with van der Waals surface area (Å²) in [5.74, 6) is 0.690. The lowest BCUT2D eigenvalue weighted by molar-refractivity contribution is -0.123. The quantitative estimate of drug-likeness (QED) is 0.720. The molecule has 1 saturated heterocycles. The Hall–Kier alpha value is -1.81. The van der Waals surface area contributed by atoms with Gasteiger partial charge in [0.25, 0.3) is 0 Å². The number of rotatable bonds is 7. The first kappa shape index (κ1) is 20.5. The summed E-state index contributed by atoms with van der Waals surface area (Å²) in [5.41, 5.74) is 4.49. The lowest BCUT2D eigenvalue weighted by Crippen LogP contribution is -2.55. The third kappa shape index (κ3) is 6.17. The fourth-order valence-electron chi connectivity index (χ4n) is 3.97. The van der Waals surface area contributed by atoms with E-state index in [4.69, 9.17) is 5.73 Å². The smallest absolute Gasteiger partial charge is 0.314 e. The maximum absolute atomic E-state index is 12.4. The summed E-state index contributed by atoms with van der Waals surface area (Å²) >= 11 is 0. The molecule has 1 heterocycles. The molecule has 1 saturated carbocycles. The molecule has 2 rings (SSSR count). The van der Waals surface area contributed by atoms with Crippen LogP contribution in [-0.4, -0.2) is 60.5 Å². The lowest BCUT2D eigenvalue weighted by atomic mass is 9.85. The summed E-state index contributed by atoms with van der Waals surface area (Å²) in [4.78, 5) is 27.1. The number of urea groups is 1. The van der Waals surface area contributed by atoms with E-state index in [1.807, 2.05) is 0 Å². The molecule has 146 valence electrons. The minimum atomic E-state index is -0.740. The average molecular weight is 364 g/mol. The van der Waals surface area contributed by atoms with E-state index in [1.165, 1.54) is 37.0 Å². The molecule has 7 heteroatoms. The molecular formula is C19H33N5O2. The maximum atomic E-state index is 12.4. The van der Waals surface area contributed by atoms with Crippen LogP contribution >= 0.6 is 0 Å². The van der Waals surface area contributed by atoms with Crippen molar-refractivity contribution in [1.82, 2.24) is 15.1 Å². The van der Waals surface area contributed by atoms with Crippen LogP contribution in [-0.2, 0) is 4.79 Å². The second-order valence-corrected chi connectivity index (χ2v) is 7.89. The Balaban J connectivity index is 1.72. The van der Waals surface area contributed by atoms with Crippen LogP contribution in [0.2, 0.25) is 0 Å². The van der Waals surface area contributed by atoms with Gasteiger partial charge in [0.1, 0.15) is 5.54 Å². The van der Waals surface area contributed by atoms with Crippen molar-refractivity contribution in [2.24, 2.45) is 11.7 Å². The summed E-state index contributed by atoms with van der Waals surface area (Å²) in [5, 5.41) is 12.6. The first-order valence-electron chi connectivity index (χ1n) is 9.89. The number of likely N-dealkylation sites (tertiary alicyclic amines) is 1. The zero-order valence-corrected chi connectivity index (χ0v) is 16.0. The van der Waals surface area contributed by atoms with Crippen molar-refractivity contribution in [1.29, 1.82) is 5.26 Å². The van der Waals surface area contributed by atoms with E-state index in [1.54, 1.807) is 7.05 Å². The van der Waals surface area contributed by atoms with Gasteiger partial charge in [-0.2, -0.15) is 5.26 Å². The van der Waals surface area contributed by atoms with Crippen LogP contribution in [0.3, 0.4) is 0 Å². The highest BCUT2D eigenvalue weighted by molar-refractivity contribution is 5.77. The van der Waals surface area contributed by atoms with E-state index in [0.717, 1.165) is 26.1 Å². The van der Waals surface area contributed by atoms with E-state index in [0.29, 0.717) is 31.7 Å². The minimum absolute atomic E-state index is 0.0130. The zero-order chi connectivity index (χ0) is 19.0. The number of piperidine rings is 1. The Labute approximate surface area is 156 Å². The van der Waals surface area contributed by atoms with E-state index in [-0.39, 0.29) is 5.91 Å². The molecule has 3 N–H and O–H groups in total. The zero-order valence-electron chi connectivity index (χ0n) is 16.0. The summed E-state index contributed by atoms with van der Waals surface area (Å²) in [6.45, 7) is 2.78. The van der Waals surface area contributed by atoms with E-state index in [2.05, 4.69) is 16.3 Å². The monoisotopic (exact) mass is 363 g/mol. The highest BCUT2D eigenvalue weighted by Crippen LogP contribution is 2.28. The number of amides is 3. The van der Waals surface area contributed by atoms with Crippen molar-refractivity contribution >= 4 is 11.9 Å². The van der Waals surface area contributed by atoms with Crippen molar-refractivity contribution in [3.05, 3.63) is 0 Å². The van der Waals surface area contributed by atoms with Gasteiger partial charge >= 0.3 is 6.03 Å². The molecule has 0 spiro atoms. The maximum Gasteiger partial charge on any atom is 0.314 e. The topological polar surface area (TPSA) is 102 Å². The van der Waals surface area contributed by atoms with Crippen LogP contribution in [0.1, 0.15) is 57.8 Å². The van der Waals surface area contributed by atoms with Gasteiger partial charge in [0.05, 0.1) is 6.07 Å². The molecule has 3 amide bonds. The molecule has 1 aliphatic carbocycles. The van der Waals surface area contributed by atoms with Crippen molar-refractivity contribution in [3.8, 4) is 6.07 Å². The molecule has 0 aromatic carbocycles. The minimum Gasteiger partial charge on any atom is -0.351 e. The molecule has 0 bridgehead atoms. The number of carbonyl (C=O) groups is 2. The van der Waals surface area contributed by atoms with Crippen LogP contribution in [0.4, 0.5) is 4.79 Å². The molecule has 0 aromatic rings. The second-order valence-electron chi connectivity index (χ2n) is 7.89. The Morgan fingerprint density at radius 2 is 1.92 bits per heavy atom. The molecule has 2 fully saturated rings. The lowest BCUT2D eigenvalue weighted by Gasteiger charge is -2.38. The molecule has 0 aromatic heterocycles. The van der Waals surface area contributed by atoms with Gasteiger partial charge in [-0.05, 0) is 25.2 Å². The number of nitrogens with two attached hydrogens (primary N) is 1. The van der Waals surface area contributed by atoms with Crippen molar-refractivity contribution in [3.63, 3.8) is 0 Å².